The molecule has 0 radical (unpaired) electrons. The maximum Gasteiger partial charge on any atom is 0.306 e. The van der Waals surface area contributed by atoms with E-state index in [0.717, 1.165) is 0 Å². The van der Waals surface area contributed by atoms with Crippen LogP contribution in [0.5, 0.6) is 0 Å². The van der Waals surface area contributed by atoms with E-state index < -0.39 is 11.8 Å². The van der Waals surface area contributed by atoms with Crippen molar-refractivity contribution < 1.29 is 27.9 Å². The first-order valence-electron chi connectivity index (χ1n) is 13.1. The fourth-order valence-corrected chi connectivity index (χ4v) is 4.04. The van der Waals surface area contributed by atoms with Crippen LogP contribution >= 0.6 is 0 Å². The van der Waals surface area contributed by atoms with Gasteiger partial charge in [-0.2, -0.15) is 0 Å². The van der Waals surface area contributed by atoms with Gasteiger partial charge in [-0.3, -0.25) is 19.2 Å². The normalized spacial score (nSPS) is 11.0. The van der Waals surface area contributed by atoms with Gasteiger partial charge in [0.1, 0.15) is 11.4 Å². The summed E-state index contributed by atoms with van der Waals surface area (Å²) in [7, 11) is 0. The molecule has 0 aliphatic heterocycles. The number of rotatable bonds is 13. The van der Waals surface area contributed by atoms with E-state index in [1.165, 1.54) is 28.2 Å². The summed E-state index contributed by atoms with van der Waals surface area (Å²) in [6.45, 7) is 6.11. The first-order valence-corrected chi connectivity index (χ1v) is 13.1. The topological polar surface area (TPSA) is 97.1 Å². The van der Waals surface area contributed by atoms with Crippen LogP contribution in [0.2, 0.25) is 0 Å². The van der Waals surface area contributed by atoms with Gasteiger partial charge in [0.2, 0.25) is 11.8 Å². The number of ether oxygens (including phenoxy) is 1. The monoisotopic (exact) mass is 538 g/mol. The second-order valence-corrected chi connectivity index (χ2v) is 9.77. The second kappa shape index (κ2) is 14.2. The van der Waals surface area contributed by atoms with Gasteiger partial charge in [-0.1, -0.05) is 38.1 Å². The maximum absolute atomic E-state index is 13.6. The Hall–Kier alpha value is -4.01. The summed E-state index contributed by atoms with van der Waals surface area (Å²) in [6.07, 6.45) is 1.87. The Morgan fingerprint density at radius 1 is 0.949 bits per heavy atom. The number of para-hydroxylation sites is 1. The minimum Gasteiger partial charge on any atom is -0.466 e. The van der Waals surface area contributed by atoms with E-state index in [4.69, 9.17) is 9.15 Å². The van der Waals surface area contributed by atoms with Crippen molar-refractivity contribution in [3.8, 4) is 0 Å². The van der Waals surface area contributed by atoms with Gasteiger partial charge in [0.15, 0.2) is 5.43 Å². The molecule has 0 N–H and O–H groups in total. The Labute approximate surface area is 227 Å². The molecule has 0 bridgehead atoms. The number of fused-ring (bicyclic) bond motifs is 1. The highest BCUT2D eigenvalue weighted by Crippen LogP contribution is 2.15. The molecule has 0 aliphatic rings. The molecule has 2 aromatic carbocycles. The van der Waals surface area contributed by atoms with E-state index in [9.17, 15) is 23.6 Å². The van der Waals surface area contributed by atoms with Crippen LogP contribution in [-0.2, 0) is 32.2 Å². The Morgan fingerprint density at radius 3 is 2.36 bits per heavy atom. The van der Waals surface area contributed by atoms with Gasteiger partial charge in [-0.15, -0.1) is 0 Å². The van der Waals surface area contributed by atoms with Gasteiger partial charge in [0.05, 0.1) is 43.3 Å². The number of halogens is 1. The smallest absolute Gasteiger partial charge is 0.306 e. The molecule has 1 aromatic heterocycles. The Balaban J connectivity index is 1.85. The highest BCUT2D eigenvalue weighted by molar-refractivity contribution is 5.86. The number of amides is 2. The Morgan fingerprint density at radius 2 is 1.67 bits per heavy atom. The van der Waals surface area contributed by atoms with Crippen molar-refractivity contribution in [2.75, 3.05) is 19.7 Å². The van der Waals surface area contributed by atoms with Crippen molar-refractivity contribution in [3.63, 3.8) is 0 Å². The summed E-state index contributed by atoms with van der Waals surface area (Å²) in [4.78, 5) is 54.5. The molecule has 9 heteroatoms. The predicted octanol–water partition coefficient (Wildman–Crippen LogP) is 4.68. The molecule has 0 fully saturated rings. The number of hydrogen-bond donors (Lipinski definition) is 0. The average Bonchev–Trinajstić information content (AvgIpc) is 2.92. The predicted molar refractivity (Wildman–Crippen MR) is 145 cm³/mol. The van der Waals surface area contributed by atoms with Crippen LogP contribution < -0.4 is 5.43 Å². The molecule has 208 valence electrons. The second-order valence-electron chi connectivity index (χ2n) is 9.77. The van der Waals surface area contributed by atoms with Crippen LogP contribution in [0.1, 0.15) is 51.2 Å². The van der Waals surface area contributed by atoms with Crippen LogP contribution in [-0.4, -0.2) is 47.3 Å². The van der Waals surface area contributed by atoms with Crippen molar-refractivity contribution in [3.05, 3.63) is 82.0 Å². The van der Waals surface area contributed by atoms with Crippen molar-refractivity contribution in [1.29, 1.82) is 0 Å². The Kier molecular flexibility index (Phi) is 10.8. The zero-order valence-electron chi connectivity index (χ0n) is 22.7. The lowest BCUT2D eigenvalue weighted by molar-refractivity contribution is -0.146. The minimum absolute atomic E-state index is 0.0571. The molecule has 0 saturated heterocycles. The van der Waals surface area contributed by atoms with Crippen LogP contribution in [0, 0.1) is 11.7 Å². The highest BCUT2D eigenvalue weighted by Gasteiger charge is 2.24. The fourth-order valence-electron chi connectivity index (χ4n) is 4.04. The largest absolute Gasteiger partial charge is 0.466 e. The fraction of sp³-hybridized carbons (Fsp3) is 0.400. The molecule has 0 spiro atoms. The number of carbonyl (C=O) groups excluding carboxylic acids is 3. The number of esters is 1. The van der Waals surface area contributed by atoms with Gasteiger partial charge in [0.25, 0.3) is 0 Å². The third kappa shape index (κ3) is 8.77. The van der Waals surface area contributed by atoms with Gasteiger partial charge < -0.3 is 19.0 Å². The molecule has 39 heavy (non-hydrogen) atoms. The van der Waals surface area contributed by atoms with Crippen LogP contribution in [0.3, 0.4) is 0 Å². The van der Waals surface area contributed by atoms with Gasteiger partial charge in [0, 0.05) is 19.5 Å². The minimum atomic E-state index is -0.470. The van der Waals surface area contributed by atoms with E-state index in [1.54, 1.807) is 43.3 Å². The number of benzene rings is 2. The number of nitrogens with zero attached hydrogens (tertiary/aromatic N) is 2. The molecule has 0 saturated carbocycles. The van der Waals surface area contributed by atoms with Crippen molar-refractivity contribution in [1.82, 2.24) is 9.80 Å². The van der Waals surface area contributed by atoms with Crippen molar-refractivity contribution in [2.24, 2.45) is 5.92 Å². The lowest BCUT2D eigenvalue weighted by Crippen LogP contribution is -2.43. The quantitative estimate of drug-likeness (QED) is 0.293. The van der Waals surface area contributed by atoms with Gasteiger partial charge in [-0.25, -0.2) is 4.39 Å². The van der Waals surface area contributed by atoms with E-state index in [-0.39, 0.29) is 67.8 Å². The maximum atomic E-state index is 13.6. The first kappa shape index (κ1) is 29.5. The number of carbonyl (C=O) groups is 3. The zero-order valence-corrected chi connectivity index (χ0v) is 22.7. The van der Waals surface area contributed by atoms with Gasteiger partial charge >= 0.3 is 5.97 Å². The molecular weight excluding hydrogens is 503 g/mol. The SMILES string of the molecule is CCOC(=O)CCC(=O)N(CCC(C)C)CC(=O)N(Cc1ccc(F)cc1)Cc1coc2ccccc2c1=O. The lowest BCUT2D eigenvalue weighted by Gasteiger charge is -2.28. The van der Waals surface area contributed by atoms with Crippen LogP contribution in [0.15, 0.2) is 64.0 Å². The molecule has 0 unspecified atom stereocenters. The van der Waals surface area contributed by atoms with Crippen LogP contribution in [0.25, 0.3) is 11.0 Å². The summed E-state index contributed by atoms with van der Waals surface area (Å²) in [5.41, 5.74) is 1.13. The standard InChI is InChI=1S/C30H35FN2O6/c1-4-38-29(36)14-13-27(34)32(16-15-21(2)3)19-28(35)33(17-22-9-11-24(31)12-10-22)18-23-20-39-26-8-6-5-7-25(26)30(23)37/h5-12,20-21H,4,13-19H2,1-3H3. The molecule has 2 amide bonds. The average molecular weight is 539 g/mol. The zero-order chi connectivity index (χ0) is 28.4. The summed E-state index contributed by atoms with van der Waals surface area (Å²) >= 11 is 0. The molecule has 0 atom stereocenters. The third-order valence-electron chi connectivity index (χ3n) is 6.26. The van der Waals surface area contributed by atoms with E-state index in [1.807, 2.05) is 13.8 Å². The van der Waals surface area contributed by atoms with Crippen molar-refractivity contribution in [2.45, 2.75) is 53.1 Å². The lowest BCUT2D eigenvalue weighted by atomic mass is 10.1. The highest BCUT2D eigenvalue weighted by atomic mass is 19.1. The summed E-state index contributed by atoms with van der Waals surface area (Å²) in [5, 5.41) is 0.400. The number of hydrogen-bond acceptors (Lipinski definition) is 6. The molecular formula is C30H35FN2O6. The third-order valence-corrected chi connectivity index (χ3v) is 6.26. The Bertz CT molecular complexity index is 1340. The van der Waals surface area contributed by atoms with E-state index in [2.05, 4.69) is 0 Å². The summed E-state index contributed by atoms with van der Waals surface area (Å²) in [6, 6.07) is 12.6. The molecule has 3 rings (SSSR count). The van der Waals surface area contributed by atoms with Crippen molar-refractivity contribution >= 4 is 28.8 Å². The van der Waals surface area contributed by atoms with Gasteiger partial charge in [-0.05, 0) is 49.1 Å². The molecule has 0 aliphatic carbocycles. The van der Waals surface area contributed by atoms with Crippen LogP contribution in [0.4, 0.5) is 4.39 Å². The summed E-state index contributed by atoms with van der Waals surface area (Å²) < 4.78 is 24.1. The molecule has 1 heterocycles. The van der Waals surface area contributed by atoms with E-state index in [0.29, 0.717) is 29.5 Å². The van der Waals surface area contributed by atoms with E-state index >= 15 is 0 Å². The first-order chi connectivity index (χ1) is 18.7. The molecule has 3 aromatic rings. The molecule has 8 nitrogen and oxygen atoms in total. The summed E-state index contributed by atoms with van der Waals surface area (Å²) in [5.74, 6) is -1.30.